The van der Waals surface area contributed by atoms with E-state index in [1.165, 1.54) is 12.4 Å². The minimum atomic E-state index is -4.73. The average Bonchev–Trinajstić information content (AvgIpc) is 3.61. The zero-order valence-corrected chi connectivity index (χ0v) is 24.6. The lowest BCUT2D eigenvalue weighted by Gasteiger charge is -2.18. The second-order valence-electron chi connectivity index (χ2n) is 11.0. The zero-order valence-electron chi connectivity index (χ0n) is 24.6. The van der Waals surface area contributed by atoms with Gasteiger partial charge >= 0.3 is 6.18 Å². The number of oxazole rings is 1. The number of nitrogens with one attached hydrogen (secondary N) is 2. The number of rotatable bonds is 10. The van der Waals surface area contributed by atoms with E-state index in [2.05, 4.69) is 36.9 Å². The minimum absolute atomic E-state index is 0.0164. The molecule has 0 aliphatic rings. The Labute approximate surface area is 256 Å². The number of halogens is 3. The predicted molar refractivity (Wildman–Crippen MR) is 159 cm³/mol. The number of alkyl halides is 3. The number of hydrogen-bond donors (Lipinski definition) is 3. The summed E-state index contributed by atoms with van der Waals surface area (Å²) in [6, 6.07) is 15.0. The maximum atomic E-state index is 14.2. The molecule has 0 radical (unpaired) electrons. The van der Waals surface area contributed by atoms with Crippen LogP contribution in [0.15, 0.2) is 53.2 Å². The van der Waals surface area contributed by atoms with Gasteiger partial charge in [0.25, 0.3) is 0 Å². The van der Waals surface area contributed by atoms with Crippen molar-refractivity contribution in [2.45, 2.75) is 38.6 Å². The van der Waals surface area contributed by atoms with E-state index < -0.39 is 22.9 Å². The molecule has 3 N–H and O–H groups in total. The summed E-state index contributed by atoms with van der Waals surface area (Å²) in [6.45, 7) is 3.66. The van der Waals surface area contributed by atoms with Crippen molar-refractivity contribution in [3.05, 3.63) is 65.5 Å². The number of aliphatic hydroxyl groups is 1. The second kappa shape index (κ2) is 12.4. The molecule has 0 amide bonds. The van der Waals surface area contributed by atoms with Crippen LogP contribution in [0.3, 0.4) is 0 Å². The van der Waals surface area contributed by atoms with Gasteiger partial charge < -0.3 is 24.7 Å². The molecule has 0 unspecified atom stereocenters. The third-order valence-corrected chi connectivity index (χ3v) is 6.74. The number of benzene rings is 2. The quantitative estimate of drug-likeness (QED) is 0.173. The Morgan fingerprint density at radius 2 is 1.84 bits per heavy atom. The summed E-state index contributed by atoms with van der Waals surface area (Å²) in [4.78, 5) is 8.95. The normalized spacial score (nSPS) is 11.8. The van der Waals surface area contributed by atoms with Crippen LogP contribution in [0.2, 0.25) is 0 Å². The molecule has 0 bridgehead atoms. The summed E-state index contributed by atoms with van der Waals surface area (Å²) in [5.74, 6) is 0.687. The van der Waals surface area contributed by atoms with E-state index in [9.17, 15) is 23.5 Å². The average molecular weight is 616 g/mol. The van der Waals surface area contributed by atoms with Gasteiger partial charge in [-0.3, -0.25) is 0 Å². The van der Waals surface area contributed by atoms with Crippen molar-refractivity contribution in [2.75, 3.05) is 18.4 Å². The molecule has 5 rings (SSSR count). The van der Waals surface area contributed by atoms with Gasteiger partial charge in [0.2, 0.25) is 5.89 Å². The van der Waals surface area contributed by atoms with Crippen molar-refractivity contribution in [2.24, 2.45) is 7.05 Å². The van der Waals surface area contributed by atoms with Crippen LogP contribution in [0.25, 0.3) is 45.2 Å². The molecule has 0 saturated carbocycles. The zero-order chi connectivity index (χ0) is 32.4. The van der Waals surface area contributed by atoms with Gasteiger partial charge in [-0.15, -0.1) is 10.2 Å². The summed E-state index contributed by atoms with van der Waals surface area (Å²) >= 11 is 0. The van der Waals surface area contributed by atoms with Crippen LogP contribution in [0, 0.1) is 22.7 Å². The molecule has 0 aliphatic heterocycles. The van der Waals surface area contributed by atoms with Crippen LogP contribution in [-0.4, -0.2) is 48.5 Å². The van der Waals surface area contributed by atoms with Crippen molar-refractivity contribution in [3.8, 4) is 46.2 Å². The first-order valence-electron chi connectivity index (χ1n) is 13.8. The highest BCUT2D eigenvalue weighted by molar-refractivity contribution is 5.85. The largest absolute Gasteiger partial charge is 0.434 e. The molecule has 0 saturated heterocycles. The topological polar surface area (TPSA) is 162 Å². The number of aromatic nitrogens is 5. The molecule has 2 aromatic carbocycles. The highest BCUT2D eigenvalue weighted by atomic mass is 19.4. The van der Waals surface area contributed by atoms with Gasteiger partial charge in [-0.05, 0) is 73.0 Å². The number of fused-ring (bicyclic) bond motifs is 1. The minimum Gasteiger partial charge on any atom is -0.434 e. The fourth-order valence-corrected chi connectivity index (χ4v) is 4.73. The Balaban J connectivity index is 1.66. The van der Waals surface area contributed by atoms with Crippen molar-refractivity contribution in [1.29, 1.82) is 10.5 Å². The van der Waals surface area contributed by atoms with Gasteiger partial charge in [0, 0.05) is 32.2 Å². The molecule has 3 aromatic heterocycles. The fraction of sp³-hybridized carbons (Fsp3) is 0.290. The van der Waals surface area contributed by atoms with Crippen LogP contribution >= 0.6 is 0 Å². The number of nitriles is 2. The molecule has 3 heterocycles. The first-order chi connectivity index (χ1) is 21.4. The first kappa shape index (κ1) is 31.1. The van der Waals surface area contributed by atoms with Crippen molar-refractivity contribution < 1.29 is 22.7 Å². The van der Waals surface area contributed by atoms with E-state index in [1.54, 1.807) is 55.8 Å². The van der Waals surface area contributed by atoms with Crippen molar-refractivity contribution in [1.82, 2.24) is 30.0 Å². The maximum absolute atomic E-state index is 14.2. The smallest absolute Gasteiger partial charge is 0.420 e. The Hall–Kier alpha value is -5.31. The maximum Gasteiger partial charge on any atom is 0.420 e. The molecule has 0 spiro atoms. The monoisotopic (exact) mass is 615 g/mol. The molecule has 0 atom stereocenters. The number of aryl methyl sites for hydroxylation is 1. The van der Waals surface area contributed by atoms with E-state index in [-0.39, 0.29) is 43.2 Å². The molecule has 0 fully saturated rings. The highest BCUT2D eigenvalue weighted by Gasteiger charge is 2.36. The molecular weight excluding hydrogens is 587 g/mol. The summed E-state index contributed by atoms with van der Waals surface area (Å²) in [5, 5.41) is 42.8. The lowest BCUT2D eigenvalue weighted by atomic mass is 9.96. The molecule has 5 aromatic rings. The molecule has 11 nitrogen and oxygen atoms in total. The summed E-state index contributed by atoms with van der Waals surface area (Å²) < 4.78 is 50.0. The van der Waals surface area contributed by atoms with Crippen molar-refractivity contribution in [3.63, 3.8) is 0 Å². The van der Waals surface area contributed by atoms with E-state index in [4.69, 9.17) is 9.68 Å². The highest BCUT2D eigenvalue weighted by Crippen LogP contribution is 2.39. The van der Waals surface area contributed by atoms with Crippen LogP contribution in [-0.2, 0) is 19.8 Å². The number of hydrogen-bond acceptors (Lipinski definition) is 10. The number of anilines is 1. The standard InChI is InChI=1S/C31H28F3N9O2/c1-30(2,44)16-37-15-19-10-23(31(32,33)34)27-24(11-19)41-29(45-27)25-12-20(13-26(40-25)38-8-4-7-35)22-9-18(14-36)5-6-21(22)28-42-39-17-43(28)3/h5-6,9-13,17,37,44H,4,8,15-16H2,1-3H3,(H,38,40). The van der Waals surface area contributed by atoms with Crippen LogP contribution in [0.5, 0.6) is 0 Å². The van der Waals surface area contributed by atoms with Gasteiger partial charge in [-0.1, -0.05) is 0 Å². The van der Waals surface area contributed by atoms with E-state index >= 15 is 0 Å². The van der Waals surface area contributed by atoms with Crippen molar-refractivity contribution >= 4 is 16.9 Å². The van der Waals surface area contributed by atoms with E-state index in [0.717, 1.165) is 6.07 Å². The molecule has 230 valence electrons. The van der Waals surface area contributed by atoms with Gasteiger partial charge in [0.15, 0.2) is 11.4 Å². The van der Waals surface area contributed by atoms with E-state index in [0.29, 0.717) is 39.5 Å². The first-order valence-corrected chi connectivity index (χ1v) is 13.8. The Morgan fingerprint density at radius 1 is 1.04 bits per heavy atom. The summed E-state index contributed by atoms with van der Waals surface area (Å²) in [7, 11) is 1.77. The van der Waals surface area contributed by atoms with Gasteiger partial charge in [-0.25, -0.2) is 9.97 Å². The van der Waals surface area contributed by atoms with Gasteiger partial charge in [-0.2, -0.15) is 23.7 Å². The Morgan fingerprint density at radius 3 is 2.51 bits per heavy atom. The molecule has 0 aliphatic carbocycles. The predicted octanol–water partition coefficient (Wildman–Crippen LogP) is 5.43. The number of pyridine rings is 1. The van der Waals surface area contributed by atoms with Crippen LogP contribution in [0.1, 0.15) is 37.0 Å². The SMILES string of the molecule is Cn1cnnc1-c1ccc(C#N)cc1-c1cc(NCCC#N)nc(-c2nc3cc(CNCC(C)(C)O)cc(C(F)(F)F)c3o2)c1. The van der Waals surface area contributed by atoms with Gasteiger partial charge in [0.1, 0.15) is 28.9 Å². The molecule has 14 heteroatoms. The second-order valence-corrected chi connectivity index (χ2v) is 11.0. The van der Waals surface area contributed by atoms with Crippen LogP contribution < -0.4 is 10.6 Å². The third-order valence-electron chi connectivity index (χ3n) is 6.74. The summed E-state index contributed by atoms with van der Waals surface area (Å²) in [5.41, 5.74) is 0.0869. The lowest BCUT2D eigenvalue weighted by molar-refractivity contribution is -0.136. The molecular formula is C31H28F3N9O2. The molecule has 45 heavy (non-hydrogen) atoms. The van der Waals surface area contributed by atoms with Gasteiger partial charge in [0.05, 0.1) is 29.7 Å². The third kappa shape index (κ3) is 7.09. The fourth-order valence-electron chi connectivity index (χ4n) is 4.73. The Kier molecular flexibility index (Phi) is 8.55. The summed E-state index contributed by atoms with van der Waals surface area (Å²) in [6.07, 6.45) is -3.02. The Bertz CT molecular complexity index is 1940. The van der Waals surface area contributed by atoms with E-state index in [1.807, 2.05) is 6.07 Å². The lowest BCUT2D eigenvalue weighted by Crippen LogP contribution is -2.34. The van der Waals surface area contributed by atoms with Crippen LogP contribution in [0.4, 0.5) is 19.0 Å². The number of nitrogens with zero attached hydrogens (tertiary/aromatic N) is 7.